The van der Waals surface area contributed by atoms with Crippen molar-refractivity contribution in [1.29, 1.82) is 0 Å². The molecule has 1 aliphatic heterocycles. The van der Waals surface area contributed by atoms with Crippen LogP contribution in [-0.4, -0.2) is 30.7 Å². The third kappa shape index (κ3) is 4.41. The number of hydrogen-bond acceptors (Lipinski definition) is 1. The second-order valence-corrected chi connectivity index (χ2v) is 4.59. The lowest BCUT2D eigenvalue weighted by Gasteiger charge is -2.35. The van der Waals surface area contributed by atoms with Crippen molar-refractivity contribution in [1.82, 2.24) is 4.90 Å². The lowest BCUT2D eigenvalue weighted by atomic mass is 9.84. The molecule has 90 valence electrons. The van der Waals surface area contributed by atoms with Crippen molar-refractivity contribution in [3.63, 3.8) is 0 Å². The number of rotatable bonds is 3. The summed E-state index contributed by atoms with van der Waals surface area (Å²) in [4.78, 5) is 2.25. The van der Waals surface area contributed by atoms with Crippen molar-refractivity contribution in [2.24, 2.45) is 11.8 Å². The van der Waals surface area contributed by atoms with Gasteiger partial charge in [-0.2, -0.15) is 13.2 Å². The molecule has 1 rings (SSSR count). The molecule has 0 bridgehead atoms. The zero-order valence-corrected chi connectivity index (χ0v) is 9.48. The van der Waals surface area contributed by atoms with Gasteiger partial charge in [0.2, 0.25) is 0 Å². The average Bonchev–Trinajstić information content (AvgIpc) is 2.15. The van der Waals surface area contributed by atoms with Crippen molar-refractivity contribution >= 4 is 0 Å². The number of hydrogen-bond donors (Lipinski definition) is 0. The monoisotopic (exact) mass is 223 g/mol. The van der Waals surface area contributed by atoms with Crippen LogP contribution < -0.4 is 0 Å². The summed E-state index contributed by atoms with van der Waals surface area (Å²) in [6.45, 7) is 6.64. The van der Waals surface area contributed by atoms with E-state index >= 15 is 0 Å². The molecule has 0 spiro atoms. The van der Waals surface area contributed by atoms with E-state index in [1.165, 1.54) is 0 Å². The Morgan fingerprint density at radius 3 is 2.60 bits per heavy atom. The third-order valence-electron chi connectivity index (χ3n) is 3.35. The highest BCUT2D eigenvalue weighted by atomic mass is 19.4. The Morgan fingerprint density at radius 2 is 2.07 bits per heavy atom. The van der Waals surface area contributed by atoms with Gasteiger partial charge in [0, 0.05) is 13.0 Å². The first-order valence-corrected chi connectivity index (χ1v) is 5.71. The number of alkyl halides is 3. The van der Waals surface area contributed by atoms with Crippen LogP contribution in [0.4, 0.5) is 13.2 Å². The average molecular weight is 223 g/mol. The van der Waals surface area contributed by atoms with Crippen LogP contribution in [0.5, 0.6) is 0 Å². The van der Waals surface area contributed by atoms with Crippen molar-refractivity contribution in [3.05, 3.63) is 0 Å². The van der Waals surface area contributed by atoms with E-state index in [-0.39, 0.29) is 11.8 Å². The number of halogens is 3. The Bertz CT molecular complexity index is 191. The third-order valence-corrected chi connectivity index (χ3v) is 3.35. The van der Waals surface area contributed by atoms with Gasteiger partial charge in [0.05, 0.1) is 0 Å². The van der Waals surface area contributed by atoms with E-state index in [2.05, 4.69) is 11.8 Å². The summed E-state index contributed by atoms with van der Waals surface area (Å²) in [6.07, 6.45) is -2.64. The molecule has 1 fully saturated rings. The summed E-state index contributed by atoms with van der Waals surface area (Å²) < 4.78 is 36.7. The van der Waals surface area contributed by atoms with Gasteiger partial charge in [0.25, 0.3) is 0 Å². The summed E-state index contributed by atoms with van der Waals surface area (Å²) in [5, 5.41) is 0. The van der Waals surface area contributed by atoms with Gasteiger partial charge >= 0.3 is 6.18 Å². The first-order chi connectivity index (χ1) is 6.92. The van der Waals surface area contributed by atoms with E-state index in [9.17, 15) is 13.2 Å². The minimum Gasteiger partial charge on any atom is -0.303 e. The summed E-state index contributed by atoms with van der Waals surface area (Å²) in [5.74, 6) is -0.0142. The van der Waals surface area contributed by atoms with Crippen LogP contribution in [0.2, 0.25) is 0 Å². The predicted octanol–water partition coefficient (Wildman–Crippen LogP) is 3.31. The van der Waals surface area contributed by atoms with E-state index in [0.29, 0.717) is 0 Å². The molecule has 0 N–H and O–H groups in total. The highest BCUT2D eigenvalue weighted by Crippen LogP contribution is 2.32. The van der Waals surface area contributed by atoms with Crippen LogP contribution >= 0.6 is 0 Å². The first-order valence-electron chi connectivity index (χ1n) is 5.71. The summed E-state index contributed by atoms with van der Waals surface area (Å²) in [5.41, 5.74) is 0. The Morgan fingerprint density at radius 1 is 1.40 bits per heavy atom. The molecule has 4 heteroatoms. The molecule has 2 atom stereocenters. The molecule has 1 aliphatic rings. The second-order valence-electron chi connectivity index (χ2n) is 4.59. The minimum absolute atomic E-state index is 0.223. The molecule has 1 unspecified atom stereocenters. The maximum Gasteiger partial charge on any atom is 0.389 e. The summed E-state index contributed by atoms with van der Waals surface area (Å²) in [6, 6.07) is 0. The van der Waals surface area contributed by atoms with E-state index in [1.807, 2.05) is 0 Å². The van der Waals surface area contributed by atoms with Crippen LogP contribution in [0, 0.1) is 11.8 Å². The fourth-order valence-corrected chi connectivity index (χ4v) is 2.37. The fraction of sp³-hybridized carbons (Fsp3) is 1.00. The van der Waals surface area contributed by atoms with Gasteiger partial charge in [-0.1, -0.05) is 13.8 Å². The smallest absolute Gasteiger partial charge is 0.303 e. The summed E-state index contributed by atoms with van der Waals surface area (Å²) >= 11 is 0. The molecule has 0 radical (unpaired) electrons. The lowest BCUT2D eigenvalue weighted by molar-refractivity contribution is -0.148. The SMILES string of the molecule is CCN1CCCC([C@H](C)CC(F)(F)F)C1. The summed E-state index contributed by atoms with van der Waals surface area (Å²) in [7, 11) is 0. The molecule has 0 saturated carbocycles. The van der Waals surface area contributed by atoms with Crippen molar-refractivity contribution in [3.8, 4) is 0 Å². The zero-order chi connectivity index (χ0) is 11.5. The molecule has 1 saturated heterocycles. The highest BCUT2D eigenvalue weighted by Gasteiger charge is 2.34. The van der Waals surface area contributed by atoms with Crippen LogP contribution in [0.25, 0.3) is 0 Å². The van der Waals surface area contributed by atoms with Crippen molar-refractivity contribution in [2.45, 2.75) is 39.3 Å². The fourth-order valence-electron chi connectivity index (χ4n) is 2.37. The molecule has 0 aliphatic carbocycles. The number of nitrogens with zero attached hydrogens (tertiary/aromatic N) is 1. The van der Waals surface area contributed by atoms with Gasteiger partial charge in [-0.05, 0) is 37.8 Å². The van der Waals surface area contributed by atoms with Gasteiger partial charge in [-0.3, -0.25) is 0 Å². The van der Waals surface area contributed by atoms with Gasteiger partial charge < -0.3 is 4.90 Å². The minimum atomic E-state index is -4.01. The van der Waals surface area contributed by atoms with E-state index < -0.39 is 12.6 Å². The van der Waals surface area contributed by atoms with Gasteiger partial charge in [-0.15, -0.1) is 0 Å². The molecule has 1 nitrogen and oxygen atoms in total. The largest absolute Gasteiger partial charge is 0.389 e. The molecule has 0 aromatic heterocycles. The maximum atomic E-state index is 12.2. The standard InChI is InChI=1S/C11H20F3N/c1-3-15-6-4-5-10(8-15)9(2)7-11(12,13)14/h9-10H,3-8H2,1-2H3/t9-,10?/m1/s1. The molecular formula is C11H20F3N. The van der Waals surface area contributed by atoms with Gasteiger partial charge in [0.1, 0.15) is 0 Å². The Hall–Kier alpha value is -0.250. The second kappa shape index (κ2) is 5.19. The van der Waals surface area contributed by atoms with E-state index in [0.717, 1.165) is 32.5 Å². The normalized spacial score (nSPS) is 26.6. The number of likely N-dealkylation sites (tertiary alicyclic amines) is 1. The van der Waals surface area contributed by atoms with Crippen molar-refractivity contribution in [2.75, 3.05) is 19.6 Å². The van der Waals surface area contributed by atoms with Crippen LogP contribution in [0.15, 0.2) is 0 Å². The molecular weight excluding hydrogens is 203 g/mol. The van der Waals surface area contributed by atoms with Gasteiger partial charge in [0.15, 0.2) is 0 Å². The van der Waals surface area contributed by atoms with Crippen LogP contribution in [0.1, 0.15) is 33.1 Å². The van der Waals surface area contributed by atoms with Gasteiger partial charge in [-0.25, -0.2) is 0 Å². The first kappa shape index (κ1) is 12.8. The maximum absolute atomic E-state index is 12.2. The van der Waals surface area contributed by atoms with E-state index in [1.54, 1.807) is 6.92 Å². The Balaban J connectivity index is 2.41. The number of piperidine rings is 1. The molecule has 15 heavy (non-hydrogen) atoms. The topological polar surface area (TPSA) is 3.24 Å². The lowest BCUT2D eigenvalue weighted by Crippen LogP contribution is -2.38. The van der Waals surface area contributed by atoms with Crippen LogP contribution in [-0.2, 0) is 0 Å². The molecule has 1 heterocycles. The molecule has 0 amide bonds. The van der Waals surface area contributed by atoms with Crippen LogP contribution in [0.3, 0.4) is 0 Å². The van der Waals surface area contributed by atoms with E-state index in [4.69, 9.17) is 0 Å². The highest BCUT2D eigenvalue weighted by molar-refractivity contribution is 4.77. The molecule has 0 aromatic carbocycles. The van der Waals surface area contributed by atoms with Crippen molar-refractivity contribution < 1.29 is 13.2 Å². The zero-order valence-electron chi connectivity index (χ0n) is 9.48. The Kier molecular flexibility index (Phi) is 4.44. The molecule has 0 aromatic rings. The predicted molar refractivity (Wildman–Crippen MR) is 54.7 cm³/mol. The quantitative estimate of drug-likeness (QED) is 0.709. The Labute approximate surface area is 89.6 Å².